The van der Waals surface area contributed by atoms with Gasteiger partial charge in [-0.2, -0.15) is 0 Å². The molecule has 0 bridgehead atoms. The van der Waals surface area contributed by atoms with E-state index in [0.29, 0.717) is 11.8 Å². The highest BCUT2D eigenvalue weighted by atomic mass is 16.2. The third-order valence-corrected chi connectivity index (χ3v) is 3.39. The lowest BCUT2D eigenvalue weighted by atomic mass is 9.88. The van der Waals surface area contributed by atoms with Gasteiger partial charge in [-0.3, -0.25) is 4.79 Å². The van der Waals surface area contributed by atoms with Crippen molar-refractivity contribution in [2.75, 3.05) is 19.6 Å². The largest absolute Gasteiger partial charge is 0.343 e. The van der Waals surface area contributed by atoms with E-state index in [1.807, 2.05) is 4.90 Å². The van der Waals surface area contributed by atoms with Crippen LogP contribution in [-0.4, -0.2) is 30.4 Å². The lowest BCUT2D eigenvalue weighted by Gasteiger charge is -2.21. The third kappa shape index (κ3) is 2.98. The first-order valence-electron chi connectivity index (χ1n) is 5.60. The second-order valence-corrected chi connectivity index (χ2v) is 4.41. The smallest absolute Gasteiger partial charge is 0.219 e. The van der Waals surface area contributed by atoms with Crippen molar-refractivity contribution in [2.24, 2.45) is 17.6 Å². The van der Waals surface area contributed by atoms with E-state index in [-0.39, 0.29) is 5.91 Å². The summed E-state index contributed by atoms with van der Waals surface area (Å²) >= 11 is 0. The SMILES string of the molecule is CC(=O)N1CCCC(C(C)CN)CC1. The molecule has 0 aromatic carbocycles. The van der Waals surface area contributed by atoms with Crippen molar-refractivity contribution in [3.8, 4) is 0 Å². The van der Waals surface area contributed by atoms with Gasteiger partial charge in [0.15, 0.2) is 0 Å². The van der Waals surface area contributed by atoms with Gasteiger partial charge in [-0.15, -0.1) is 0 Å². The van der Waals surface area contributed by atoms with E-state index in [1.54, 1.807) is 6.92 Å². The highest BCUT2D eigenvalue weighted by Gasteiger charge is 2.21. The number of nitrogens with two attached hydrogens (primary N) is 1. The highest BCUT2D eigenvalue weighted by Crippen LogP contribution is 2.24. The van der Waals surface area contributed by atoms with Gasteiger partial charge in [0.25, 0.3) is 0 Å². The van der Waals surface area contributed by atoms with Crippen molar-refractivity contribution < 1.29 is 4.79 Å². The Morgan fingerprint density at radius 1 is 1.50 bits per heavy atom. The van der Waals surface area contributed by atoms with E-state index in [2.05, 4.69) is 6.92 Å². The Bertz CT molecular complexity index is 194. The number of carbonyl (C=O) groups is 1. The van der Waals surface area contributed by atoms with Crippen molar-refractivity contribution in [1.29, 1.82) is 0 Å². The van der Waals surface area contributed by atoms with Crippen LogP contribution in [0.3, 0.4) is 0 Å². The summed E-state index contributed by atoms with van der Waals surface area (Å²) in [4.78, 5) is 13.2. The third-order valence-electron chi connectivity index (χ3n) is 3.39. The fourth-order valence-electron chi connectivity index (χ4n) is 2.20. The average molecular weight is 198 g/mol. The molecule has 0 aromatic heterocycles. The minimum atomic E-state index is 0.214. The van der Waals surface area contributed by atoms with Gasteiger partial charge in [0.1, 0.15) is 0 Å². The number of likely N-dealkylation sites (tertiary alicyclic amines) is 1. The van der Waals surface area contributed by atoms with Crippen LogP contribution < -0.4 is 5.73 Å². The molecule has 1 aliphatic rings. The number of hydrogen-bond acceptors (Lipinski definition) is 2. The molecule has 1 aliphatic heterocycles. The van der Waals surface area contributed by atoms with Crippen LogP contribution in [0, 0.1) is 11.8 Å². The Morgan fingerprint density at radius 2 is 2.21 bits per heavy atom. The highest BCUT2D eigenvalue weighted by molar-refractivity contribution is 5.73. The maximum absolute atomic E-state index is 11.2. The van der Waals surface area contributed by atoms with Crippen molar-refractivity contribution in [3.05, 3.63) is 0 Å². The van der Waals surface area contributed by atoms with Gasteiger partial charge in [0.2, 0.25) is 5.91 Å². The van der Waals surface area contributed by atoms with E-state index in [9.17, 15) is 4.79 Å². The molecule has 0 aromatic rings. The number of carbonyl (C=O) groups excluding carboxylic acids is 1. The molecular weight excluding hydrogens is 176 g/mol. The molecular formula is C11H22N2O. The number of nitrogens with zero attached hydrogens (tertiary/aromatic N) is 1. The topological polar surface area (TPSA) is 46.3 Å². The van der Waals surface area contributed by atoms with Gasteiger partial charge in [-0.1, -0.05) is 6.92 Å². The fourth-order valence-corrected chi connectivity index (χ4v) is 2.20. The Balaban J connectivity index is 2.44. The predicted molar refractivity (Wildman–Crippen MR) is 57.8 cm³/mol. The van der Waals surface area contributed by atoms with E-state index >= 15 is 0 Å². The standard InChI is InChI=1S/C11H22N2O/c1-9(8-12)11-4-3-6-13(7-5-11)10(2)14/h9,11H,3-8,12H2,1-2H3. The van der Waals surface area contributed by atoms with E-state index in [4.69, 9.17) is 5.73 Å². The summed E-state index contributed by atoms with van der Waals surface area (Å²) in [5, 5.41) is 0. The number of rotatable bonds is 2. The Kier molecular flexibility index (Phi) is 4.39. The van der Waals surface area contributed by atoms with Crippen molar-refractivity contribution >= 4 is 5.91 Å². The zero-order chi connectivity index (χ0) is 10.6. The molecule has 0 spiro atoms. The molecule has 2 N–H and O–H groups in total. The summed E-state index contributed by atoms with van der Waals surface area (Å²) < 4.78 is 0. The van der Waals surface area contributed by atoms with Gasteiger partial charge < -0.3 is 10.6 Å². The van der Waals surface area contributed by atoms with Crippen LogP contribution in [0.1, 0.15) is 33.1 Å². The normalized spacial score (nSPS) is 25.6. The van der Waals surface area contributed by atoms with Crippen molar-refractivity contribution in [3.63, 3.8) is 0 Å². The fraction of sp³-hybridized carbons (Fsp3) is 0.909. The van der Waals surface area contributed by atoms with Gasteiger partial charge in [0.05, 0.1) is 0 Å². The maximum Gasteiger partial charge on any atom is 0.219 e. The summed E-state index contributed by atoms with van der Waals surface area (Å²) in [6, 6.07) is 0. The molecule has 14 heavy (non-hydrogen) atoms. The first-order valence-corrected chi connectivity index (χ1v) is 5.60. The molecule has 0 aliphatic carbocycles. The molecule has 3 nitrogen and oxygen atoms in total. The van der Waals surface area contributed by atoms with E-state index < -0.39 is 0 Å². The van der Waals surface area contributed by atoms with E-state index in [1.165, 1.54) is 6.42 Å². The van der Waals surface area contributed by atoms with Gasteiger partial charge in [-0.25, -0.2) is 0 Å². The zero-order valence-electron chi connectivity index (χ0n) is 9.33. The molecule has 82 valence electrons. The summed E-state index contributed by atoms with van der Waals surface area (Å²) in [5.74, 6) is 1.53. The van der Waals surface area contributed by atoms with Crippen LogP contribution in [0.2, 0.25) is 0 Å². The second kappa shape index (κ2) is 5.35. The molecule has 2 atom stereocenters. The van der Waals surface area contributed by atoms with Gasteiger partial charge >= 0.3 is 0 Å². The minimum absolute atomic E-state index is 0.214. The van der Waals surface area contributed by atoms with Gasteiger partial charge in [0, 0.05) is 20.0 Å². The van der Waals surface area contributed by atoms with E-state index in [0.717, 1.165) is 32.5 Å². The van der Waals surface area contributed by atoms with Crippen LogP contribution in [-0.2, 0) is 4.79 Å². The summed E-state index contributed by atoms with van der Waals surface area (Å²) in [6.07, 6.45) is 3.48. The zero-order valence-corrected chi connectivity index (χ0v) is 9.33. The van der Waals surface area contributed by atoms with Crippen molar-refractivity contribution in [2.45, 2.75) is 33.1 Å². The van der Waals surface area contributed by atoms with Crippen LogP contribution >= 0.6 is 0 Å². The molecule has 1 saturated heterocycles. The van der Waals surface area contributed by atoms with Crippen LogP contribution in [0.15, 0.2) is 0 Å². The summed E-state index contributed by atoms with van der Waals surface area (Å²) in [7, 11) is 0. The summed E-state index contributed by atoms with van der Waals surface area (Å²) in [6.45, 7) is 6.50. The quantitative estimate of drug-likeness (QED) is 0.725. The number of amides is 1. The molecule has 1 rings (SSSR count). The average Bonchev–Trinajstić information content (AvgIpc) is 2.41. The number of hydrogen-bond donors (Lipinski definition) is 1. The molecule has 1 amide bonds. The second-order valence-electron chi connectivity index (χ2n) is 4.41. The molecule has 1 heterocycles. The monoisotopic (exact) mass is 198 g/mol. The molecule has 1 fully saturated rings. The van der Waals surface area contributed by atoms with Crippen molar-refractivity contribution in [1.82, 2.24) is 4.90 Å². The lowest BCUT2D eigenvalue weighted by molar-refractivity contribution is -0.128. The predicted octanol–water partition coefficient (Wildman–Crippen LogP) is 1.23. The minimum Gasteiger partial charge on any atom is -0.343 e. The maximum atomic E-state index is 11.2. The van der Waals surface area contributed by atoms with Crippen LogP contribution in [0.25, 0.3) is 0 Å². The van der Waals surface area contributed by atoms with Crippen LogP contribution in [0.5, 0.6) is 0 Å². The first-order chi connectivity index (χ1) is 6.65. The first kappa shape index (κ1) is 11.5. The molecule has 2 unspecified atom stereocenters. The summed E-state index contributed by atoms with van der Waals surface area (Å²) in [5.41, 5.74) is 5.67. The molecule has 0 saturated carbocycles. The Hall–Kier alpha value is -0.570. The van der Waals surface area contributed by atoms with Crippen LogP contribution in [0.4, 0.5) is 0 Å². The molecule has 0 radical (unpaired) electrons. The lowest BCUT2D eigenvalue weighted by Crippen LogP contribution is -2.30. The Labute approximate surface area is 86.6 Å². The Morgan fingerprint density at radius 3 is 2.79 bits per heavy atom. The molecule has 3 heteroatoms. The van der Waals surface area contributed by atoms with Gasteiger partial charge in [-0.05, 0) is 37.6 Å².